The maximum atomic E-state index is 12.5. The van der Waals surface area contributed by atoms with E-state index in [4.69, 9.17) is 0 Å². The van der Waals surface area contributed by atoms with Crippen LogP contribution in [0.5, 0.6) is 0 Å². The van der Waals surface area contributed by atoms with E-state index in [9.17, 15) is 9.59 Å². The molecule has 0 bridgehead atoms. The quantitative estimate of drug-likeness (QED) is 0.567. The van der Waals surface area contributed by atoms with E-state index in [-0.39, 0.29) is 17.7 Å². The maximum Gasteiger partial charge on any atom is 0.224 e. The fourth-order valence-corrected chi connectivity index (χ4v) is 5.52. The molecule has 1 aliphatic heterocycles. The Kier molecular flexibility index (Phi) is 7.31. The van der Waals surface area contributed by atoms with Gasteiger partial charge in [-0.1, -0.05) is 42.4 Å². The molecule has 0 radical (unpaired) electrons. The molecule has 2 fully saturated rings. The molecule has 1 saturated heterocycles. The van der Waals surface area contributed by atoms with Crippen LogP contribution in [-0.4, -0.2) is 52.3 Å². The van der Waals surface area contributed by atoms with Crippen LogP contribution in [0, 0.1) is 18.8 Å². The number of nitrogens with zero attached hydrogens (tertiary/aromatic N) is 3. The van der Waals surface area contributed by atoms with Crippen molar-refractivity contribution >= 4 is 34.9 Å². The summed E-state index contributed by atoms with van der Waals surface area (Å²) in [6.45, 7) is 3.99. The number of thioether (sulfide) groups is 1. The van der Waals surface area contributed by atoms with Gasteiger partial charge in [-0.05, 0) is 32.1 Å². The Labute approximate surface area is 163 Å². The Morgan fingerprint density at radius 3 is 2.81 bits per heavy atom. The summed E-state index contributed by atoms with van der Waals surface area (Å²) in [4.78, 5) is 26.7. The molecule has 1 saturated carbocycles. The number of carbonyl (C=O) groups is 2. The van der Waals surface area contributed by atoms with Crippen LogP contribution in [-0.2, 0) is 9.59 Å². The summed E-state index contributed by atoms with van der Waals surface area (Å²) in [6.07, 6.45) is 7.51. The zero-order chi connectivity index (χ0) is 18.4. The van der Waals surface area contributed by atoms with Crippen molar-refractivity contribution in [2.75, 3.05) is 25.4 Å². The van der Waals surface area contributed by atoms with Crippen LogP contribution in [0.15, 0.2) is 4.34 Å². The average Bonchev–Trinajstić information content (AvgIpc) is 3.06. The zero-order valence-electron chi connectivity index (χ0n) is 15.4. The lowest BCUT2D eigenvalue weighted by Gasteiger charge is -2.35. The first-order valence-electron chi connectivity index (χ1n) is 9.60. The van der Waals surface area contributed by atoms with Crippen molar-refractivity contribution in [2.24, 2.45) is 11.8 Å². The van der Waals surface area contributed by atoms with Crippen LogP contribution in [0.3, 0.4) is 0 Å². The fourth-order valence-electron chi connectivity index (χ4n) is 3.78. The molecular formula is C18H28N4O2S2. The Hall–Kier alpha value is -1.15. The first-order chi connectivity index (χ1) is 12.6. The molecule has 0 aromatic carbocycles. The number of aromatic nitrogens is 2. The van der Waals surface area contributed by atoms with Crippen LogP contribution < -0.4 is 5.32 Å². The molecule has 1 aromatic rings. The van der Waals surface area contributed by atoms with Crippen LogP contribution in [0.1, 0.15) is 50.0 Å². The summed E-state index contributed by atoms with van der Waals surface area (Å²) < 4.78 is 0.943. The highest BCUT2D eigenvalue weighted by atomic mass is 32.2. The third-order valence-electron chi connectivity index (χ3n) is 5.21. The van der Waals surface area contributed by atoms with Crippen molar-refractivity contribution in [3.05, 3.63) is 5.01 Å². The molecule has 8 heteroatoms. The van der Waals surface area contributed by atoms with E-state index < -0.39 is 0 Å². The second kappa shape index (κ2) is 9.69. The van der Waals surface area contributed by atoms with Gasteiger partial charge in [0.25, 0.3) is 0 Å². The highest BCUT2D eigenvalue weighted by Gasteiger charge is 2.31. The number of nitrogens with one attached hydrogen (secondary N) is 1. The van der Waals surface area contributed by atoms with E-state index >= 15 is 0 Å². The first-order valence-corrected chi connectivity index (χ1v) is 11.4. The number of piperidine rings is 1. The van der Waals surface area contributed by atoms with E-state index in [0.717, 1.165) is 21.6 Å². The molecule has 1 N–H and O–H groups in total. The average molecular weight is 397 g/mol. The first kappa shape index (κ1) is 19.6. The normalized spacial score (nSPS) is 21.8. The monoisotopic (exact) mass is 396 g/mol. The van der Waals surface area contributed by atoms with Gasteiger partial charge in [-0.25, -0.2) is 0 Å². The molecular weight excluding hydrogens is 368 g/mol. The fraction of sp³-hybridized carbons (Fsp3) is 0.778. The Morgan fingerprint density at radius 1 is 1.27 bits per heavy atom. The largest absolute Gasteiger partial charge is 0.355 e. The molecule has 0 spiro atoms. The lowest BCUT2D eigenvalue weighted by molar-refractivity contribution is -0.139. The summed E-state index contributed by atoms with van der Waals surface area (Å²) in [5.74, 6) is 1.66. The van der Waals surface area contributed by atoms with E-state index in [1.165, 1.54) is 32.1 Å². The van der Waals surface area contributed by atoms with Crippen LogP contribution >= 0.6 is 23.1 Å². The van der Waals surface area contributed by atoms with E-state index in [1.807, 2.05) is 11.8 Å². The van der Waals surface area contributed by atoms with Crippen LogP contribution in [0.4, 0.5) is 0 Å². The third kappa shape index (κ3) is 5.67. The second-order valence-electron chi connectivity index (χ2n) is 7.26. The van der Waals surface area contributed by atoms with Gasteiger partial charge in [-0.2, -0.15) is 0 Å². The summed E-state index contributed by atoms with van der Waals surface area (Å²) in [5, 5.41) is 12.0. The number of rotatable bonds is 7. The third-order valence-corrected chi connectivity index (χ3v) is 7.18. The van der Waals surface area contributed by atoms with Gasteiger partial charge in [0.05, 0.1) is 5.92 Å². The highest BCUT2D eigenvalue weighted by Crippen LogP contribution is 2.27. The second-order valence-corrected chi connectivity index (χ2v) is 9.79. The molecule has 6 nitrogen and oxygen atoms in total. The highest BCUT2D eigenvalue weighted by molar-refractivity contribution is 8.01. The number of hydrogen-bond acceptors (Lipinski definition) is 6. The minimum absolute atomic E-state index is 0.0648. The van der Waals surface area contributed by atoms with Crippen LogP contribution in [0.2, 0.25) is 0 Å². The lowest BCUT2D eigenvalue weighted by atomic mass is 9.87. The number of aryl methyl sites for hydroxylation is 1. The Bertz CT molecular complexity index is 616. The molecule has 1 aromatic heterocycles. The van der Waals surface area contributed by atoms with Gasteiger partial charge in [0.15, 0.2) is 4.34 Å². The van der Waals surface area contributed by atoms with Gasteiger partial charge in [-0.15, -0.1) is 10.2 Å². The van der Waals surface area contributed by atoms with Gasteiger partial charge in [0, 0.05) is 31.8 Å². The van der Waals surface area contributed by atoms with Crippen molar-refractivity contribution in [3.63, 3.8) is 0 Å². The molecule has 3 rings (SSSR count). The van der Waals surface area contributed by atoms with Crippen molar-refractivity contribution in [1.82, 2.24) is 20.4 Å². The summed E-state index contributed by atoms with van der Waals surface area (Å²) >= 11 is 3.20. The van der Waals surface area contributed by atoms with Crippen LogP contribution in [0.25, 0.3) is 0 Å². The van der Waals surface area contributed by atoms with Gasteiger partial charge in [0.1, 0.15) is 5.01 Å². The van der Waals surface area contributed by atoms with Gasteiger partial charge < -0.3 is 10.2 Å². The summed E-state index contributed by atoms with van der Waals surface area (Å²) in [5.41, 5.74) is 0. The number of carbonyl (C=O) groups excluding carboxylic acids is 2. The summed E-state index contributed by atoms with van der Waals surface area (Å²) in [7, 11) is 0. The van der Waals surface area contributed by atoms with E-state index in [0.29, 0.717) is 31.8 Å². The van der Waals surface area contributed by atoms with Crippen molar-refractivity contribution in [3.8, 4) is 0 Å². The van der Waals surface area contributed by atoms with Gasteiger partial charge >= 0.3 is 0 Å². The lowest BCUT2D eigenvalue weighted by Crippen LogP contribution is -2.47. The molecule has 2 heterocycles. The SMILES string of the molecule is Cc1nnc(SCCNC(=O)C2CCC(=O)N(CC3CCCCC3)C2)s1. The zero-order valence-corrected chi connectivity index (χ0v) is 17.0. The molecule has 144 valence electrons. The number of hydrogen-bond donors (Lipinski definition) is 1. The van der Waals surface area contributed by atoms with Crippen molar-refractivity contribution in [2.45, 2.75) is 56.2 Å². The summed E-state index contributed by atoms with van der Waals surface area (Å²) in [6, 6.07) is 0. The minimum Gasteiger partial charge on any atom is -0.355 e. The molecule has 2 aliphatic rings. The standard InChI is InChI=1S/C18H28N4O2S2/c1-13-20-21-18(26-13)25-10-9-19-17(24)15-7-8-16(23)22(12-15)11-14-5-3-2-4-6-14/h14-15H,2-12H2,1H3,(H,19,24). The Balaban J connectivity index is 1.39. The molecule has 1 aliphatic carbocycles. The topological polar surface area (TPSA) is 75.2 Å². The van der Waals surface area contributed by atoms with Gasteiger partial charge in [0.2, 0.25) is 11.8 Å². The Morgan fingerprint density at radius 2 is 2.08 bits per heavy atom. The van der Waals surface area contributed by atoms with E-state index in [1.54, 1.807) is 23.1 Å². The van der Waals surface area contributed by atoms with Gasteiger partial charge in [-0.3, -0.25) is 9.59 Å². The van der Waals surface area contributed by atoms with E-state index in [2.05, 4.69) is 15.5 Å². The molecule has 1 unspecified atom stereocenters. The molecule has 2 amide bonds. The van der Waals surface area contributed by atoms with Crippen molar-refractivity contribution in [1.29, 1.82) is 0 Å². The molecule has 26 heavy (non-hydrogen) atoms. The van der Waals surface area contributed by atoms with Crippen molar-refractivity contribution < 1.29 is 9.59 Å². The molecule has 1 atom stereocenters. The predicted molar refractivity (Wildman–Crippen MR) is 104 cm³/mol. The smallest absolute Gasteiger partial charge is 0.224 e. The minimum atomic E-state index is -0.0648. The predicted octanol–water partition coefficient (Wildman–Crippen LogP) is 2.87. The number of likely N-dealkylation sites (tertiary alicyclic amines) is 1. The number of amides is 2. The maximum absolute atomic E-state index is 12.5.